The molecule has 4 nitrogen and oxygen atoms in total. The van der Waals surface area contributed by atoms with Crippen LogP contribution in [0.15, 0.2) is 0 Å². The van der Waals surface area contributed by atoms with Gasteiger partial charge in [0.1, 0.15) is 0 Å². The average molecular weight is 180 g/mol. The van der Waals surface area contributed by atoms with Gasteiger partial charge in [0.2, 0.25) is 5.91 Å². The zero-order chi connectivity index (χ0) is 7.56. The predicted molar refractivity (Wildman–Crippen MR) is 40.6 cm³/mol. The summed E-state index contributed by atoms with van der Waals surface area (Å²) in [6.07, 6.45) is 0.622. The number of rotatable bonds is 2. The molecule has 0 radical (unpaired) electrons. The minimum Gasteiger partial charge on any atom is -0.481 e. The molecule has 0 aromatic rings. The second kappa shape index (κ2) is 4.18. The van der Waals surface area contributed by atoms with Crippen LogP contribution in [0, 0.1) is 5.92 Å². The van der Waals surface area contributed by atoms with Crippen LogP contribution in [0.1, 0.15) is 12.8 Å². The number of carbonyl (C=O) groups is 2. The van der Waals surface area contributed by atoms with E-state index in [2.05, 4.69) is 5.32 Å². The molecule has 1 heterocycles. The van der Waals surface area contributed by atoms with Crippen molar-refractivity contribution < 1.29 is 14.7 Å². The molecule has 2 N–H and O–H groups in total. The molecule has 1 saturated heterocycles. The molecule has 1 amide bonds. The minimum atomic E-state index is -0.901. The first-order valence-corrected chi connectivity index (χ1v) is 3.19. The smallest absolute Gasteiger partial charge is 0.304 e. The Morgan fingerprint density at radius 3 is 2.73 bits per heavy atom. The van der Waals surface area contributed by atoms with Crippen molar-refractivity contribution in [3.05, 3.63) is 0 Å². The zero-order valence-electron chi connectivity index (χ0n) is 5.87. The fourth-order valence-corrected chi connectivity index (χ4v) is 1.05. The summed E-state index contributed by atoms with van der Waals surface area (Å²) in [5.74, 6) is -1.32. The summed E-state index contributed by atoms with van der Waals surface area (Å²) in [4.78, 5) is 20.9. The van der Waals surface area contributed by atoms with Gasteiger partial charge in [-0.3, -0.25) is 9.59 Å². The summed E-state index contributed by atoms with van der Waals surface area (Å²) in [5.41, 5.74) is 0. The molecule has 0 bridgehead atoms. The molecule has 0 unspecified atom stereocenters. The maximum atomic E-state index is 10.7. The Balaban J connectivity index is 0.000001000. The number of hydrogen-bond donors (Lipinski definition) is 2. The standard InChI is InChI=1S/C6H9NO3.ClH/c8-5(9)3-4-1-2-7-6(4)10;/h4H,1-3H2,(H,7,10)(H,8,9);1H/t4-;/m0./s1. The van der Waals surface area contributed by atoms with Gasteiger partial charge in [-0.1, -0.05) is 0 Å². The Bertz CT molecular complexity index is 171. The first kappa shape index (κ1) is 10.2. The molecule has 0 aromatic carbocycles. The lowest BCUT2D eigenvalue weighted by molar-refractivity contribution is -0.140. The molecule has 11 heavy (non-hydrogen) atoms. The number of amides is 1. The lowest BCUT2D eigenvalue weighted by Crippen LogP contribution is -2.20. The van der Waals surface area contributed by atoms with E-state index in [0.29, 0.717) is 13.0 Å². The second-order valence-electron chi connectivity index (χ2n) is 2.37. The monoisotopic (exact) mass is 179 g/mol. The van der Waals surface area contributed by atoms with Crippen LogP contribution in [-0.4, -0.2) is 23.5 Å². The highest BCUT2D eigenvalue weighted by Crippen LogP contribution is 2.12. The van der Waals surface area contributed by atoms with Gasteiger partial charge in [0, 0.05) is 6.54 Å². The molecule has 0 saturated carbocycles. The maximum Gasteiger partial charge on any atom is 0.304 e. The van der Waals surface area contributed by atoms with Gasteiger partial charge < -0.3 is 10.4 Å². The van der Waals surface area contributed by atoms with Crippen molar-refractivity contribution in [2.24, 2.45) is 5.92 Å². The Hall–Kier alpha value is -0.770. The van der Waals surface area contributed by atoms with E-state index in [1.807, 2.05) is 0 Å². The van der Waals surface area contributed by atoms with Gasteiger partial charge in [-0.15, -0.1) is 12.4 Å². The van der Waals surface area contributed by atoms with Crippen LogP contribution >= 0.6 is 12.4 Å². The zero-order valence-corrected chi connectivity index (χ0v) is 6.69. The normalized spacial score (nSPS) is 22.2. The molecule has 1 aliphatic rings. The van der Waals surface area contributed by atoms with Crippen molar-refractivity contribution in [1.29, 1.82) is 0 Å². The molecule has 1 aliphatic heterocycles. The summed E-state index contributed by atoms with van der Waals surface area (Å²) in [6.45, 7) is 0.622. The predicted octanol–water partition coefficient (Wildman–Crippen LogP) is 0.0190. The first-order valence-electron chi connectivity index (χ1n) is 3.19. The van der Waals surface area contributed by atoms with Gasteiger partial charge >= 0.3 is 5.97 Å². The Kier molecular flexibility index (Phi) is 3.89. The number of hydrogen-bond acceptors (Lipinski definition) is 2. The number of carboxylic acids is 1. The van der Waals surface area contributed by atoms with Crippen LogP contribution in [0.25, 0.3) is 0 Å². The second-order valence-corrected chi connectivity index (χ2v) is 2.37. The molecule has 1 rings (SSSR count). The van der Waals surface area contributed by atoms with Gasteiger partial charge in [-0.2, -0.15) is 0 Å². The quantitative estimate of drug-likeness (QED) is 0.628. The van der Waals surface area contributed by atoms with Crippen molar-refractivity contribution in [2.75, 3.05) is 6.54 Å². The fourth-order valence-electron chi connectivity index (χ4n) is 1.05. The Morgan fingerprint density at radius 2 is 2.36 bits per heavy atom. The molecule has 0 aliphatic carbocycles. The van der Waals surface area contributed by atoms with Gasteiger partial charge in [-0.25, -0.2) is 0 Å². The van der Waals surface area contributed by atoms with E-state index >= 15 is 0 Å². The molecular formula is C6H10ClNO3. The lowest BCUT2D eigenvalue weighted by Gasteiger charge is -1.99. The minimum absolute atomic E-state index is 0. The molecule has 64 valence electrons. The number of halogens is 1. The molecule has 1 atom stereocenters. The van der Waals surface area contributed by atoms with Crippen molar-refractivity contribution in [2.45, 2.75) is 12.8 Å². The van der Waals surface area contributed by atoms with E-state index in [9.17, 15) is 9.59 Å². The average Bonchev–Trinajstić information content (AvgIpc) is 2.15. The maximum absolute atomic E-state index is 10.7. The van der Waals surface area contributed by atoms with E-state index < -0.39 is 5.97 Å². The lowest BCUT2D eigenvalue weighted by atomic mass is 10.1. The van der Waals surface area contributed by atoms with E-state index in [1.54, 1.807) is 0 Å². The van der Waals surface area contributed by atoms with Crippen LogP contribution in [-0.2, 0) is 9.59 Å². The molecule has 1 fully saturated rings. The first-order chi connectivity index (χ1) is 4.70. The van der Waals surface area contributed by atoms with Crippen LogP contribution in [0.2, 0.25) is 0 Å². The van der Waals surface area contributed by atoms with Crippen LogP contribution in [0.4, 0.5) is 0 Å². The largest absolute Gasteiger partial charge is 0.481 e. The highest BCUT2D eigenvalue weighted by atomic mass is 35.5. The SMILES string of the molecule is Cl.O=C(O)C[C@@H]1CCNC1=O. The summed E-state index contributed by atoms with van der Waals surface area (Å²) in [7, 11) is 0. The van der Waals surface area contributed by atoms with Crippen LogP contribution in [0.5, 0.6) is 0 Å². The van der Waals surface area contributed by atoms with Gasteiger partial charge in [0.05, 0.1) is 12.3 Å². The Labute approximate surface area is 70.4 Å². The van der Waals surface area contributed by atoms with Gasteiger partial charge in [-0.05, 0) is 6.42 Å². The van der Waals surface area contributed by atoms with E-state index in [4.69, 9.17) is 5.11 Å². The Morgan fingerprint density at radius 1 is 1.73 bits per heavy atom. The van der Waals surface area contributed by atoms with Crippen molar-refractivity contribution in [1.82, 2.24) is 5.32 Å². The number of nitrogens with one attached hydrogen (secondary N) is 1. The van der Waals surface area contributed by atoms with Crippen molar-refractivity contribution >= 4 is 24.3 Å². The van der Waals surface area contributed by atoms with Crippen molar-refractivity contribution in [3.63, 3.8) is 0 Å². The molecular weight excluding hydrogens is 170 g/mol. The summed E-state index contributed by atoms with van der Waals surface area (Å²) in [6, 6.07) is 0. The highest BCUT2D eigenvalue weighted by molar-refractivity contribution is 5.85. The third kappa shape index (κ3) is 2.76. The molecule has 0 spiro atoms. The molecule has 5 heteroatoms. The topological polar surface area (TPSA) is 66.4 Å². The fraction of sp³-hybridized carbons (Fsp3) is 0.667. The van der Waals surface area contributed by atoms with E-state index in [-0.39, 0.29) is 30.7 Å². The number of carbonyl (C=O) groups excluding carboxylic acids is 1. The van der Waals surface area contributed by atoms with E-state index in [0.717, 1.165) is 0 Å². The summed E-state index contributed by atoms with van der Waals surface area (Å²) in [5, 5.41) is 10.9. The van der Waals surface area contributed by atoms with Gasteiger partial charge in [0.25, 0.3) is 0 Å². The summed E-state index contributed by atoms with van der Waals surface area (Å²) < 4.78 is 0. The third-order valence-corrected chi connectivity index (χ3v) is 1.58. The number of aliphatic carboxylic acids is 1. The van der Waals surface area contributed by atoms with Gasteiger partial charge in [0.15, 0.2) is 0 Å². The van der Waals surface area contributed by atoms with Crippen LogP contribution < -0.4 is 5.32 Å². The third-order valence-electron chi connectivity index (χ3n) is 1.58. The number of carboxylic acid groups (broad SMARTS) is 1. The van der Waals surface area contributed by atoms with Crippen molar-refractivity contribution in [3.8, 4) is 0 Å². The molecule has 0 aromatic heterocycles. The van der Waals surface area contributed by atoms with Crippen LogP contribution in [0.3, 0.4) is 0 Å². The highest BCUT2D eigenvalue weighted by Gasteiger charge is 2.25. The summed E-state index contributed by atoms with van der Waals surface area (Å²) >= 11 is 0. The van der Waals surface area contributed by atoms with E-state index in [1.165, 1.54) is 0 Å².